The molecule has 1 aromatic carbocycles. The summed E-state index contributed by atoms with van der Waals surface area (Å²) in [7, 11) is 0. The number of aromatic nitrogens is 2. The molecule has 0 aliphatic rings. The standard InChI is InChI=1S/C14H15ClN2S/c1-4-18-12-7-5-11(6-8-12)14-16-10(3)9(2)13(15)17-14/h5-8H,4H2,1-3H3. The molecule has 0 unspecified atom stereocenters. The molecule has 18 heavy (non-hydrogen) atoms. The number of benzene rings is 1. The third-order valence-corrected chi connectivity index (χ3v) is 4.02. The lowest BCUT2D eigenvalue weighted by molar-refractivity contribution is 1.07. The van der Waals surface area contributed by atoms with Crippen molar-refractivity contribution in [1.82, 2.24) is 9.97 Å². The molecule has 0 bridgehead atoms. The van der Waals surface area contributed by atoms with Gasteiger partial charge in [0.15, 0.2) is 5.82 Å². The van der Waals surface area contributed by atoms with Gasteiger partial charge in [-0.2, -0.15) is 0 Å². The van der Waals surface area contributed by atoms with Crippen LogP contribution in [0.25, 0.3) is 11.4 Å². The topological polar surface area (TPSA) is 25.8 Å². The van der Waals surface area contributed by atoms with E-state index in [1.165, 1.54) is 4.90 Å². The lowest BCUT2D eigenvalue weighted by Crippen LogP contribution is -1.96. The van der Waals surface area contributed by atoms with Crippen LogP contribution in [0.15, 0.2) is 29.2 Å². The quantitative estimate of drug-likeness (QED) is 0.609. The van der Waals surface area contributed by atoms with Crippen molar-refractivity contribution in [3.63, 3.8) is 0 Å². The fourth-order valence-corrected chi connectivity index (χ4v) is 2.47. The van der Waals surface area contributed by atoms with Gasteiger partial charge in [0.2, 0.25) is 0 Å². The minimum absolute atomic E-state index is 0.532. The molecule has 0 spiro atoms. The SMILES string of the molecule is CCSc1ccc(-c2nc(C)c(C)c(Cl)n2)cc1. The highest BCUT2D eigenvalue weighted by Gasteiger charge is 2.07. The fraction of sp³-hybridized carbons (Fsp3) is 0.286. The molecule has 1 aromatic heterocycles. The number of nitrogens with zero attached hydrogens (tertiary/aromatic N) is 2. The highest BCUT2D eigenvalue weighted by atomic mass is 35.5. The number of aryl methyl sites for hydroxylation is 1. The summed E-state index contributed by atoms with van der Waals surface area (Å²) in [5, 5.41) is 0.532. The highest BCUT2D eigenvalue weighted by Crippen LogP contribution is 2.24. The lowest BCUT2D eigenvalue weighted by atomic mass is 10.2. The monoisotopic (exact) mass is 278 g/mol. The number of halogens is 1. The average molecular weight is 279 g/mol. The van der Waals surface area contributed by atoms with Crippen LogP contribution >= 0.6 is 23.4 Å². The van der Waals surface area contributed by atoms with Gasteiger partial charge in [0, 0.05) is 21.7 Å². The van der Waals surface area contributed by atoms with E-state index >= 15 is 0 Å². The van der Waals surface area contributed by atoms with E-state index in [0.717, 1.165) is 22.6 Å². The summed E-state index contributed by atoms with van der Waals surface area (Å²) in [5.41, 5.74) is 2.87. The van der Waals surface area contributed by atoms with Crippen LogP contribution in [-0.4, -0.2) is 15.7 Å². The molecule has 2 rings (SSSR count). The molecule has 2 aromatic rings. The Balaban J connectivity index is 2.36. The molecule has 0 amide bonds. The van der Waals surface area contributed by atoms with E-state index in [2.05, 4.69) is 29.0 Å². The summed E-state index contributed by atoms with van der Waals surface area (Å²) in [5.74, 6) is 1.77. The predicted octanol–water partition coefficient (Wildman–Crippen LogP) is 4.53. The van der Waals surface area contributed by atoms with E-state index in [1.807, 2.05) is 37.7 Å². The van der Waals surface area contributed by atoms with Gasteiger partial charge in [-0.15, -0.1) is 11.8 Å². The summed E-state index contributed by atoms with van der Waals surface area (Å²) in [6, 6.07) is 8.27. The fourth-order valence-electron chi connectivity index (χ4n) is 1.59. The Bertz CT molecular complexity index is 529. The van der Waals surface area contributed by atoms with Gasteiger partial charge in [-0.3, -0.25) is 0 Å². The van der Waals surface area contributed by atoms with Crippen LogP contribution in [0.3, 0.4) is 0 Å². The van der Waals surface area contributed by atoms with Gasteiger partial charge in [-0.1, -0.05) is 30.7 Å². The maximum Gasteiger partial charge on any atom is 0.161 e. The summed E-state index contributed by atoms with van der Waals surface area (Å²) in [4.78, 5) is 10.1. The van der Waals surface area contributed by atoms with E-state index in [4.69, 9.17) is 11.6 Å². The molecule has 0 radical (unpaired) electrons. The minimum atomic E-state index is 0.532. The van der Waals surface area contributed by atoms with Gasteiger partial charge in [-0.25, -0.2) is 9.97 Å². The molecule has 0 aliphatic heterocycles. The molecule has 1 heterocycles. The molecule has 4 heteroatoms. The zero-order valence-electron chi connectivity index (χ0n) is 10.7. The lowest BCUT2D eigenvalue weighted by Gasteiger charge is -2.06. The van der Waals surface area contributed by atoms with Crippen molar-refractivity contribution in [3.05, 3.63) is 40.7 Å². The normalized spacial score (nSPS) is 10.7. The van der Waals surface area contributed by atoms with Crippen molar-refractivity contribution in [2.24, 2.45) is 0 Å². The van der Waals surface area contributed by atoms with Crippen LogP contribution in [-0.2, 0) is 0 Å². The van der Waals surface area contributed by atoms with Gasteiger partial charge < -0.3 is 0 Å². The van der Waals surface area contributed by atoms with E-state index in [-0.39, 0.29) is 0 Å². The van der Waals surface area contributed by atoms with Crippen LogP contribution in [0.1, 0.15) is 18.2 Å². The predicted molar refractivity (Wildman–Crippen MR) is 78.4 cm³/mol. The summed E-state index contributed by atoms with van der Waals surface area (Å²) in [6.07, 6.45) is 0. The molecule has 0 fully saturated rings. The van der Waals surface area contributed by atoms with Crippen molar-refractivity contribution >= 4 is 23.4 Å². The third kappa shape index (κ3) is 2.85. The molecular formula is C14H15ClN2S. The van der Waals surface area contributed by atoms with Gasteiger partial charge in [0.1, 0.15) is 5.15 Å². The number of rotatable bonds is 3. The van der Waals surface area contributed by atoms with Crippen LogP contribution in [0.2, 0.25) is 5.15 Å². The summed E-state index contributed by atoms with van der Waals surface area (Å²) < 4.78 is 0. The third-order valence-electron chi connectivity index (χ3n) is 2.75. The zero-order chi connectivity index (χ0) is 13.1. The van der Waals surface area contributed by atoms with E-state index < -0.39 is 0 Å². The highest BCUT2D eigenvalue weighted by molar-refractivity contribution is 7.99. The number of hydrogen-bond donors (Lipinski definition) is 0. The van der Waals surface area contributed by atoms with Crippen LogP contribution in [0, 0.1) is 13.8 Å². The van der Waals surface area contributed by atoms with E-state index in [0.29, 0.717) is 11.0 Å². The van der Waals surface area contributed by atoms with Gasteiger partial charge in [-0.05, 0) is 31.7 Å². The van der Waals surface area contributed by atoms with Gasteiger partial charge in [0.25, 0.3) is 0 Å². The first-order valence-corrected chi connectivity index (χ1v) is 7.22. The van der Waals surface area contributed by atoms with E-state index in [9.17, 15) is 0 Å². The largest absolute Gasteiger partial charge is 0.233 e. The maximum atomic E-state index is 6.09. The molecule has 0 N–H and O–H groups in total. The first-order chi connectivity index (χ1) is 8.61. The van der Waals surface area contributed by atoms with Crippen LogP contribution in [0.5, 0.6) is 0 Å². The Hall–Kier alpha value is -1.06. The molecule has 0 aliphatic carbocycles. The second-order valence-electron chi connectivity index (χ2n) is 4.01. The minimum Gasteiger partial charge on any atom is -0.233 e. The van der Waals surface area contributed by atoms with Crippen LogP contribution in [0.4, 0.5) is 0 Å². The average Bonchev–Trinajstić information content (AvgIpc) is 2.37. The molecule has 2 nitrogen and oxygen atoms in total. The molecular weight excluding hydrogens is 264 g/mol. The first kappa shape index (κ1) is 13.4. The summed E-state index contributed by atoms with van der Waals surface area (Å²) >= 11 is 7.92. The van der Waals surface area contributed by atoms with Crippen molar-refractivity contribution in [1.29, 1.82) is 0 Å². The van der Waals surface area contributed by atoms with Crippen molar-refractivity contribution < 1.29 is 0 Å². The second-order valence-corrected chi connectivity index (χ2v) is 5.70. The zero-order valence-corrected chi connectivity index (χ0v) is 12.3. The van der Waals surface area contributed by atoms with Crippen LogP contribution < -0.4 is 0 Å². The molecule has 0 saturated carbocycles. The molecule has 94 valence electrons. The van der Waals surface area contributed by atoms with Crippen molar-refractivity contribution in [2.45, 2.75) is 25.7 Å². The first-order valence-electron chi connectivity index (χ1n) is 5.85. The maximum absolute atomic E-state index is 6.09. The molecule has 0 atom stereocenters. The Kier molecular flexibility index (Phi) is 4.25. The Morgan fingerprint density at radius 2 is 1.78 bits per heavy atom. The van der Waals surface area contributed by atoms with Gasteiger partial charge in [0.05, 0.1) is 0 Å². The second kappa shape index (κ2) is 5.72. The summed E-state index contributed by atoms with van der Waals surface area (Å²) in [6.45, 7) is 6.03. The smallest absolute Gasteiger partial charge is 0.161 e. The number of thioether (sulfide) groups is 1. The van der Waals surface area contributed by atoms with Gasteiger partial charge >= 0.3 is 0 Å². The molecule has 0 saturated heterocycles. The van der Waals surface area contributed by atoms with Crippen molar-refractivity contribution in [2.75, 3.05) is 5.75 Å². The van der Waals surface area contributed by atoms with Crippen molar-refractivity contribution in [3.8, 4) is 11.4 Å². The Labute approximate surface area is 117 Å². The Morgan fingerprint density at radius 1 is 1.11 bits per heavy atom. The number of hydrogen-bond acceptors (Lipinski definition) is 3. The van der Waals surface area contributed by atoms with E-state index in [1.54, 1.807) is 0 Å². The Morgan fingerprint density at radius 3 is 2.33 bits per heavy atom.